The van der Waals surface area contributed by atoms with Gasteiger partial charge in [-0.05, 0) is 43.7 Å². The van der Waals surface area contributed by atoms with E-state index in [0.717, 1.165) is 31.6 Å². The second-order valence-corrected chi connectivity index (χ2v) is 7.47. The third-order valence-electron chi connectivity index (χ3n) is 5.71. The minimum Gasteiger partial charge on any atom is -0.435 e. The van der Waals surface area contributed by atoms with Gasteiger partial charge in [-0.2, -0.15) is 0 Å². The monoisotopic (exact) mass is 338 g/mol. The Morgan fingerprint density at radius 2 is 2.16 bits per heavy atom. The lowest BCUT2D eigenvalue weighted by molar-refractivity contribution is -0.104. The summed E-state index contributed by atoms with van der Waals surface area (Å²) in [5.41, 5.74) is 2.92. The van der Waals surface area contributed by atoms with Crippen LogP contribution in [0.1, 0.15) is 58.4 Å². The van der Waals surface area contributed by atoms with Crippen molar-refractivity contribution in [2.45, 2.75) is 44.1 Å². The van der Waals surface area contributed by atoms with E-state index < -0.39 is 0 Å². The molecule has 3 aliphatic rings. The Morgan fingerprint density at radius 3 is 3.00 bits per heavy atom. The Morgan fingerprint density at radius 1 is 1.32 bits per heavy atom. The van der Waals surface area contributed by atoms with E-state index in [1.54, 1.807) is 0 Å². The van der Waals surface area contributed by atoms with Crippen LogP contribution in [0.2, 0.25) is 0 Å². The summed E-state index contributed by atoms with van der Waals surface area (Å²) in [5.74, 6) is 1.50. The number of carbonyl (C=O) groups is 1. The first kappa shape index (κ1) is 15.1. The molecule has 1 aliphatic heterocycles. The molecule has 5 heteroatoms. The zero-order valence-corrected chi connectivity index (χ0v) is 14.5. The number of aromatic nitrogens is 1. The molecule has 130 valence electrons. The number of benzene rings is 1. The average molecular weight is 338 g/mol. The first-order valence-corrected chi connectivity index (χ1v) is 9.15. The van der Waals surface area contributed by atoms with Gasteiger partial charge in [-0.15, -0.1) is 0 Å². The molecule has 0 radical (unpaired) electrons. The van der Waals surface area contributed by atoms with E-state index in [-0.39, 0.29) is 11.5 Å². The maximum atomic E-state index is 13.1. The van der Waals surface area contributed by atoms with E-state index >= 15 is 0 Å². The molecule has 2 aliphatic carbocycles. The molecule has 2 aromatic rings. The van der Waals surface area contributed by atoms with Gasteiger partial charge in [-0.1, -0.05) is 24.3 Å². The van der Waals surface area contributed by atoms with Gasteiger partial charge in [0, 0.05) is 12.5 Å². The number of amides is 1. The van der Waals surface area contributed by atoms with Gasteiger partial charge < -0.3 is 14.1 Å². The Bertz CT molecular complexity index is 835. The smallest absolute Gasteiger partial charge is 0.291 e. The van der Waals surface area contributed by atoms with Gasteiger partial charge in [0.05, 0.1) is 18.8 Å². The number of morpholine rings is 1. The van der Waals surface area contributed by atoms with E-state index in [9.17, 15) is 4.79 Å². The number of rotatable bonds is 2. The highest BCUT2D eigenvalue weighted by Crippen LogP contribution is 2.43. The van der Waals surface area contributed by atoms with Gasteiger partial charge >= 0.3 is 0 Å². The fraction of sp³-hybridized carbons (Fsp3) is 0.500. The average Bonchev–Trinajstić information content (AvgIpc) is 3.34. The van der Waals surface area contributed by atoms with Crippen molar-refractivity contribution in [3.05, 3.63) is 52.7 Å². The predicted octanol–water partition coefficient (Wildman–Crippen LogP) is 3.17. The fourth-order valence-electron chi connectivity index (χ4n) is 4.19. The third-order valence-corrected chi connectivity index (χ3v) is 5.71. The predicted molar refractivity (Wildman–Crippen MR) is 91.5 cm³/mol. The number of oxazole rings is 1. The summed E-state index contributed by atoms with van der Waals surface area (Å²) in [7, 11) is 0. The Balaban J connectivity index is 1.42. The molecule has 1 aromatic carbocycles. The normalized spacial score (nSPS) is 25.4. The number of nitrogens with zero attached hydrogens (tertiary/aromatic N) is 2. The highest BCUT2D eigenvalue weighted by molar-refractivity contribution is 5.92. The van der Waals surface area contributed by atoms with Gasteiger partial charge in [-0.25, -0.2) is 4.98 Å². The maximum Gasteiger partial charge on any atom is 0.291 e. The standard InChI is InChI=1S/C20H22N2O3/c1-13-17(25-18(21-13)15-6-7-15)19(23)22-10-11-24-20(12-22)9-8-14-4-2-3-5-16(14)20/h2-5,15H,6-12H2,1H3. The lowest BCUT2D eigenvalue weighted by Crippen LogP contribution is -2.51. The highest BCUT2D eigenvalue weighted by Gasteiger charge is 2.45. The van der Waals surface area contributed by atoms with Crippen LogP contribution in [0.15, 0.2) is 28.7 Å². The second kappa shape index (κ2) is 5.43. The van der Waals surface area contributed by atoms with Crippen LogP contribution in [0.25, 0.3) is 0 Å². The van der Waals surface area contributed by atoms with E-state index in [2.05, 4.69) is 29.2 Å². The molecule has 2 heterocycles. The van der Waals surface area contributed by atoms with E-state index in [1.165, 1.54) is 11.1 Å². The Kier molecular flexibility index (Phi) is 3.29. The first-order valence-electron chi connectivity index (χ1n) is 9.15. The SMILES string of the molecule is Cc1nc(C2CC2)oc1C(=O)N1CCOC2(CCc3ccccc32)C1. The van der Waals surface area contributed by atoms with Gasteiger partial charge in [0.25, 0.3) is 5.91 Å². The summed E-state index contributed by atoms with van der Waals surface area (Å²) < 4.78 is 12.0. The molecule has 1 aromatic heterocycles. The van der Waals surface area contributed by atoms with Crippen LogP contribution >= 0.6 is 0 Å². The fourth-order valence-corrected chi connectivity index (χ4v) is 4.19. The molecule has 2 fully saturated rings. The zero-order chi connectivity index (χ0) is 17.0. The molecule has 25 heavy (non-hydrogen) atoms. The second-order valence-electron chi connectivity index (χ2n) is 7.47. The summed E-state index contributed by atoms with van der Waals surface area (Å²) in [6.45, 7) is 3.61. The number of aryl methyl sites for hydroxylation is 2. The lowest BCUT2D eigenvalue weighted by Gasteiger charge is -2.40. The molecule has 1 amide bonds. The number of fused-ring (bicyclic) bond motifs is 2. The first-order chi connectivity index (χ1) is 12.2. The van der Waals surface area contributed by atoms with Crippen LogP contribution in [0.4, 0.5) is 0 Å². The van der Waals surface area contributed by atoms with Crippen molar-refractivity contribution in [2.75, 3.05) is 19.7 Å². The van der Waals surface area contributed by atoms with Crippen molar-refractivity contribution in [3.8, 4) is 0 Å². The van der Waals surface area contributed by atoms with Crippen LogP contribution in [0, 0.1) is 6.92 Å². The van der Waals surface area contributed by atoms with Crippen LogP contribution in [0.3, 0.4) is 0 Å². The molecular formula is C20H22N2O3. The summed E-state index contributed by atoms with van der Waals surface area (Å²) >= 11 is 0. The Hall–Kier alpha value is -2.14. The molecule has 5 nitrogen and oxygen atoms in total. The lowest BCUT2D eigenvalue weighted by atomic mass is 9.93. The number of hydrogen-bond acceptors (Lipinski definition) is 4. The van der Waals surface area contributed by atoms with E-state index in [4.69, 9.17) is 9.15 Å². The molecule has 0 N–H and O–H groups in total. The van der Waals surface area contributed by atoms with E-state index in [1.807, 2.05) is 11.8 Å². The van der Waals surface area contributed by atoms with Crippen LogP contribution in [-0.2, 0) is 16.8 Å². The van der Waals surface area contributed by atoms with Gasteiger partial charge in [0.2, 0.25) is 5.76 Å². The van der Waals surface area contributed by atoms with Gasteiger partial charge in [0.15, 0.2) is 5.89 Å². The topological polar surface area (TPSA) is 55.6 Å². The van der Waals surface area contributed by atoms with Crippen LogP contribution < -0.4 is 0 Å². The van der Waals surface area contributed by atoms with Crippen molar-refractivity contribution >= 4 is 5.91 Å². The summed E-state index contributed by atoms with van der Waals surface area (Å²) in [6, 6.07) is 8.43. The molecule has 1 saturated carbocycles. The summed E-state index contributed by atoms with van der Waals surface area (Å²) in [5, 5.41) is 0. The maximum absolute atomic E-state index is 13.1. The largest absolute Gasteiger partial charge is 0.435 e. The van der Waals surface area contributed by atoms with Crippen LogP contribution in [0.5, 0.6) is 0 Å². The molecule has 1 spiro atoms. The number of ether oxygens (including phenoxy) is 1. The molecular weight excluding hydrogens is 316 g/mol. The molecule has 1 atom stereocenters. The third kappa shape index (κ3) is 2.41. The molecule has 1 saturated heterocycles. The van der Waals surface area contributed by atoms with Crippen LogP contribution in [-0.4, -0.2) is 35.5 Å². The quantitative estimate of drug-likeness (QED) is 0.844. The zero-order valence-electron chi connectivity index (χ0n) is 14.5. The Labute approximate surface area is 147 Å². The number of carbonyl (C=O) groups excluding carboxylic acids is 1. The summed E-state index contributed by atoms with van der Waals surface area (Å²) in [6.07, 6.45) is 4.17. The molecule has 1 unspecified atom stereocenters. The number of hydrogen-bond donors (Lipinski definition) is 0. The van der Waals surface area contributed by atoms with Crippen molar-refractivity contribution < 1.29 is 13.9 Å². The van der Waals surface area contributed by atoms with Crippen molar-refractivity contribution in [3.63, 3.8) is 0 Å². The van der Waals surface area contributed by atoms with Gasteiger partial charge in [-0.3, -0.25) is 4.79 Å². The molecule has 0 bridgehead atoms. The van der Waals surface area contributed by atoms with Crippen molar-refractivity contribution in [2.24, 2.45) is 0 Å². The van der Waals surface area contributed by atoms with E-state index in [0.29, 0.717) is 37.1 Å². The van der Waals surface area contributed by atoms with Crippen molar-refractivity contribution in [1.82, 2.24) is 9.88 Å². The minimum absolute atomic E-state index is 0.0519. The summed E-state index contributed by atoms with van der Waals surface area (Å²) in [4.78, 5) is 19.4. The highest BCUT2D eigenvalue weighted by atomic mass is 16.5. The van der Waals surface area contributed by atoms with Gasteiger partial charge in [0.1, 0.15) is 5.60 Å². The minimum atomic E-state index is -0.363. The molecule has 5 rings (SSSR count). The van der Waals surface area contributed by atoms with Crippen molar-refractivity contribution in [1.29, 1.82) is 0 Å².